The average molecular weight is 426 g/mol. The van der Waals surface area contributed by atoms with E-state index in [1.165, 1.54) is 69.0 Å². The van der Waals surface area contributed by atoms with Gasteiger partial charge in [-0.1, -0.05) is 76.8 Å². The van der Waals surface area contributed by atoms with Crippen molar-refractivity contribution in [1.82, 2.24) is 9.97 Å². The Morgan fingerprint density at radius 3 is 2.40 bits per heavy atom. The maximum atomic E-state index is 6.44. The summed E-state index contributed by atoms with van der Waals surface area (Å²) in [6.07, 6.45) is 20.4. The molecule has 4 heteroatoms. The maximum absolute atomic E-state index is 6.44. The van der Waals surface area contributed by atoms with E-state index in [9.17, 15) is 0 Å². The number of hydrogen-bond acceptors (Lipinski definition) is 1. The van der Waals surface area contributed by atoms with Gasteiger partial charge in [-0.05, 0) is 55.2 Å². The summed E-state index contributed by atoms with van der Waals surface area (Å²) >= 11 is 6.44. The fourth-order valence-corrected chi connectivity index (χ4v) is 4.19. The van der Waals surface area contributed by atoms with Crippen molar-refractivity contribution in [3.63, 3.8) is 0 Å². The van der Waals surface area contributed by atoms with E-state index in [0.717, 1.165) is 35.6 Å². The monoisotopic (exact) mass is 425 g/mol. The van der Waals surface area contributed by atoms with Crippen molar-refractivity contribution in [2.24, 2.45) is 4.99 Å². The van der Waals surface area contributed by atoms with Crippen LogP contribution in [0.4, 0.5) is 0 Å². The smallest absolute Gasteiger partial charge is 0.106 e. The van der Waals surface area contributed by atoms with Crippen LogP contribution >= 0.6 is 11.6 Å². The first kappa shape index (κ1) is 22.7. The zero-order valence-corrected chi connectivity index (χ0v) is 19.3. The Kier molecular flexibility index (Phi) is 9.07. The van der Waals surface area contributed by atoms with Crippen LogP contribution in [0, 0.1) is 0 Å². The third kappa shape index (κ3) is 6.77. The van der Waals surface area contributed by atoms with Gasteiger partial charge in [0.15, 0.2) is 0 Å². The summed E-state index contributed by atoms with van der Waals surface area (Å²) in [5.41, 5.74) is 6.35. The molecular formula is C26H36ClN3. The van der Waals surface area contributed by atoms with E-state index >= 15 is 0 Å². The molecule has 2 aromatic rings. The molecule has 2 N–H and O–H groups in total. The lowest BCUT2D eigenvalue weighted by Crippen LogP contribution is -1.97. The Hall–Kier alpha value is -2.00. The molecule has 0 spiro atoms. The van der Waals surface area contributed by atoms with Crippen molar-refractivity contribution in [1.29, 1.82) is 0 Å². The summed E-state index contributed by atoms with van der Waals surface area (Å²) in [6, 6.07) is 6.45. The van der Waals surface area contributed by atoms with E-state index in [2.05, 4.69) is 48.1 Å². The Bertz CT molecular complexity index is 882. The fourth-order valence-electron chi connectivity index (χ4n) is 3.93. The summed E-state index contributed by atoms with van der Waals surface area (Å²) in [7, 11) is 0. The van der Waals surface area contributed by atoms with Crippen molar-refractivity contribution >= 4 is 23.4 Å². The predicted octanol–water partition coefficient (Wildman–Crippen LogP) is 7.95. The van der Waals surface area contributed by atoms with Crippen LogP contribution in [-0.2, 0) is 12.8 Å². The molecule has 0 atom stereocenters. The van der Waals surface area contributed by atoms with Gasteiger partial charge < -0.3 is 9.97 Å². The molecule has 2 aromatic heterocycles. The minimum Gasteiger partial charge on any atom is -0.360 e. The van der Waals surface area contributed by atoms with E-state index in [-0.39, 0.29) is 0 Å². The summed E-state index contributed by atoms with van der Waals surface area (Å²) in [5, 5.41) is 0.687. The lowest BCUT2D eigenvalue weighted by atomic mass is 10.1. The van der Waals surface area contributed by atoms with Crippen LogP contribution in [0.25, 0.3) is 6.08 Å². The lowest BCUT2D eigenvalue weighted by Gasteiger charge is -2.01. The largest absolute Gasteiger partial charge is 0.360 e. The molecule has 0 aliphatic carbocycles. The van der Waals surface area contributed by atoms with Crippen molar-refractivity contribution in [3.05, 3.63) is 63.8 Å². The molecule has 0 saturated heterocycles. The number of unbranched alkanes of at least 4 members (excludes halogenated alkanes) is 8. The molecule has 0 unspecified atom stereocenters. The number of aromatic nitrogens is 2. The molecule has 1 aliphatic heterocycles. The Morgan fingerprint density at radius 1 is 0.967 bits per heavy atom. The fraction of sp³-hybridized carbons (Fsp3) is 0.500. The number of aliphatic imine (C=N–C) groups is 1. The first-order valence-corrected chi connectivity index (χ1v) is 12.1. The van der Waals surface area contributed by atoms with Crippen LogP contribution in [0.5, 0.6) is 0 Å². The van der Waals surface area contributed by atoms with Gasteiger partial charge in [-0.2, -0.15) is 0 Å². The van der Waals surface area contributed by atoms with Gasteiger partial charge in [0.25, 0.3) is 0 Å². The predicted molar refractivity (Wildman–Crippen MR) is 130 cm³/mol. The van der Waals surface area contributed by atoms with Crippen LogP contribution in [0.3, 0.4) is 0 Å². The van der Waals surface area contributed by atoms with Gasteiger partial charge in [-0.25, -0.2) is 4.99 Å². The molecule has 3 nitrogen and oxygen atoms in total. The van der Waals surface area contributed by atoms with E-state index in [1.807, 2.05) is 12.3 Å². The van der Waals surface area contributed by atoms with Crippen LogP contribution in [0.2, 0.25) is 0 Å². The Labute approximate surface area is 186 Å². The third-order valence-corrected chi connectivity index (χ3v) is 6.06. The summed E-state index contributed by atoms with van der Waals surface area (Å²) in [6.45, 7) is 4.42. The highest BCUT2D eigenvalue weighted by Crippen LogP contribution is 2.25. The molecule has 0 aromatic carbocycles. The second kappa shape index (κ2) is 12.0. The molecular weight excluding hydrogens is 390 g/mol. The summed E-state index contributed by atoms with van der Waals surface area (Å²) in [5.74, 6) is 0. The van der Waals surface area contributed by atoms with Gasteiger partial charge in [0, 0.05) is 17.6 Å². The standard InChI is InChI=1S/C26H36ClN3/c1-3-5-6-7-8-9-10-11-12-13-21-14-15-22(29-21)17-23-18-24(27)26(30-23)25-16-20(4-2)19-28-25/h14-19,28-29H,3-13H2,1-2H3. The first-order valence-electron chi connectivity index (χ1n) is 11.7. The molecule has 0 amide bonds. The van der Waals surface area contributed by atoms with E-state index in [1.54, 1.807) is 0 Å². The minimum atomic E-state index is 0.687. The van der Waals surface area contributed by atoms with Gasteiger partial charge in [-0.3, -0.25) is 0 Å². The Morgan fingerprint density at radius 2 is 1.70 bits per heavy atom. The SMILES string of the molecule is CCCCCCCCCCCc1ccc(C=C2C=C(Cl)C(c3cc(CC)c[nH]3)=N2)[nH]1. The van der Waals surface area contributed by atoms with Crippen molar-refractivity contribution in [2.45, 2.75) is 84.5 Å². The highest BCUT2D eigenvalue weighted by Gasteiger charge is 2.17. The number of nitrogens with zero attached hydrogens (tertiary/aromatic N) is 1. The highest BCUT2D eigenvalue weighted by molar-refractivity contribution is 6.47. The molecule has 162 valence electrons. The lowest BCUT2D eigenvalue weighted by molar-refractivity contribution is 0.564. The number of hydrogen-bond donors (Lipinski definition) is 2. The van der Waals surface area contributed by atoms with Gasteiger partial charge in [0.1, 0.15) is 5.71 Å². The number of H-pyrrole nitrogens is 2. The summed E-state index contributed by atoms with van der Waals surface area (Å²) < 4.78 is 0. The van der Waals surface area contributed by atoms with Gasteiger partial charge in [0.05, 0.1) is 16.4 Å². The number of allylic oxidation sites excluding steroid dienone is 2. The number of aryl methyl sites for hydroxylation is 2. The minimum absolute atomic E-state index is 0.687. The van der Waals surface area contributed by atoms with E-state index < -0.39 is 0 Å². The van der Waals surface area contributed by atoms with Gasteiger partial charge in [-0.15, -0.1) is 0 Å². The Balaban J connectivity index is 1.44. The van der Waals surface area contributed by atoms with Crippen LogP contribution in [0.1, 0.15) is 94.3 Å². The van der Waals surface area contributed by atoms with Crippen molar-refractivity contribution < 1.29 is 0 Å². The van der Waals surface area contributed by atoms with Crippen LogP contribution in [-0.4, -0.2) is 15.7 Å². The van der Waals surface area contributed by atoms with Gasteiger partial charge in [0.2, 0.25) is 0 Å². The van der Waals surface area contributed by atoms with E-state index in [4.69, 9.17) is 16.6 Å². The first-order chi connectivity index (χ1) is 14.7. The molecule has 3 heterocycles. The third-order valence-electron chi connectivity index (χ3n) is 5.77. The van der Waals surface area contributed by atoms with E-state index in [0.29, 0.717) is 5.03 Å². The quantitative estimate of drug-likeness (QED) is 0.306. The molecule has 0 bridgehead atoms. The summed E-state index contributed by atoms with van der Waals surface area (Å²) in [4.78, 5) is 11.5. The normalized spacial score (nSPS) is 15.1. The second-order valence-corrected chi connectivity index (χ2v) is 8.72. The number of aromatic amines is 2. The maximum Gasteiger partial charge on any atom is 0.106 e. The zero-order valence-electron chi connectivity index (χ0n) is 18.6. The van der Waals surface area contributed by atoms with Crippen LogP contribution < -0.4 is 0 Å². The highest BCUT2D eigenvalue weighted by atomic mass is 35.5. The zero-order chi connectivity index (χ0) is 21.2. The number of rotatable bonds is 13. The average Bonchev–Trinajstić information content (AvgIpc) is 3.47. The second-order valence-electron chi connectivity index (χ2n) is 8.31. The van der Waals surface area contributed by atoms with Crippen molar-refractivity contribution in [2.75, 3.05) is 0 Å². The molecule has 0 saturated carbocycles. The molecule has 3 rings (SSSR count). The molecule has 0 fully saturated rings. The topological polar surface area (TPSA) is 43.9 Å². The molecule has 30 heavy (non-hydrogen) atoms. The molecule has 1 aliphatic rings. The van der Waals surface area contributed by atoms with Crippen molar-refractivity contribution in [3.8, 4) is 0 Å². The number of nitrogens with one attached hydrogen (secondary N) is 2. The van der Waals surface area contributed by atoms with Crippen LogP contribution in [0.15, 0.2) is 46.2 Å². The molecule has 0 radical (unpaired) electrons. The number of halogens is 1. The van der Waals surface area contributed by atoms with Gasteiger partial charge >= 0.3 is 0 Å².